The molecule has 106 valence electrons. The van der Waals surface area contributed by atoms with Crippen molar-refractivity contribution in [3.05, 3.63) is 30.0 Å². The fourth-order valence-corrected chi connectivity index (χ4v) is 2.86. The fourth-order valence-electron chi connectivity index (χ4n) is 2.86. The summed E-state index contributed by atoms with van der Waals surface area (Å²) >= 11 is 0. The van der Waals surface area contributed by atoms with Crippen LogP contribution < -0.4 is 11.1 Å². The van der Waals surface area contributed by atoms with E-state index < -0.39 is 0 Å². The van der Waals surface area contributed by atoms with Crippen LogP contribution in [0.1, 0.15) is 16.8 Å². The van der Waals surface area contributed by atoms with E-state index in [0.29, 0.717) is 17.2 Å². The summed E-state index contributed by atoms with van der Waals surface area (Å²) in [6.45, 7) is 2.92. The number of likely N-dealkylation sites (tertiary alicyclic amines) is 1. The van der Waals surface area contributed by atoms with Gasteiger partial charge in [0.05, 0.1) is 5.56 Å². The number of hydrogen-bond donors (Lipinski definition) is 3. The van der Waals surface area contributed by atoms with Gasteiger partial charge in [-0.2, -0.15) is 0 Å². The quantitative estimate of drug-likeness (QED) is 0.740. The van der Waals surface area contributed by atoms with Crippen LogP contribution in [0.2, 0.25) is 0 Å². The number of rotatable bonds is 3. The van der Waals surface area contributed by atoms with Crippen molar-refractivity contribution in [2.45, 2.75) is 6.42 Å². The number of nitrogens with zero attached hydrogens (tertiary/aromatic N) is 1. The number of hydrogen-bond acceptors (Lipinski definition) is 3. The van der Waals surface area contributed by atoms with Crippen molar-refractivity contribution in [3.8, 4) is 0 Å². The molecule has 0 aliphatic carbocycles. The molecule has 0 bridgehead atoms. The van der Waals surface area contributed by atoms with Gasteiger partial charge >= 0.3 is 0 Å². The van der Waals surface area contributed by atoms with Gasteiger partial charge in [-0.1, -0.05) is 0 Å². The van der Waals surface area contributed by atoms with Gasteiger partial charge in [-0.3, -0.25) is 4.79 Å². The maximum atomic E-state index is 12.3. The van der Waals surface area contributed by atoms with Crippen LogP contribution >= 0.6 is 0 Å². The zero-order valence-electron chi connectivity index (χ0n) is 11.6. The highest BCUT2D eigenvalue weighted by Gasteiger charge is 2.20. The van der Waals surface area contributed by atoms with E-state index in [1.54, 1.807) is 6.20 Å². The third-order valence-electron chi connectivity index (χ3n) is 3.99. The normalized spacial score (nSPS) is 19.6. The van der Waals surface area contributed by atoms with Crippen LogP contribution in [0.3, 0.4) is 0 Å². The minimum atomic E-state index is -0.0180. The van der Waals surface area contributed by atoms with Gasteiger partial charge in [0.25, 0.3) is 5.91 Å². The van der Waals surface area contributed by atoms with E-state index in [9.17, 15) is 4.79 Å². The average Bonchev–Trinajstić information content (AvgIpc) is 3.01. The number of carbonyl (C=O) groups excluding carboxylic acids is 1. The molecular formula is C15H20N4O. The number of aromatic amines is 1. The van der Waals surface area contributed by atoms with Crippen molar-refractivity contribution in [1.29, 1.82) is 0 Å². The van der Waals surface area contributed by atoms with Gasteiger partial charge in [-0.15, -0.1) is 0 Å². The predicted molar refractivity (Wildman–Crippen MR) is 80.6 cm³/mol. The maximum absolute atomic E-state index is 12.3. The smallest absolute Gasteiger partial charge is 0.253 e. The molecule has 1 amide bonds. The third kappa shape index (κ3) is 2.49. The molecular weight excluding hydrogens is 252 g/mol. The SMILES string of the molecule is CN1CCC(CNC(=O)c2c[nH]c3cc(N)ccc23)C1. The van der Waals surface area contributed by atoms with Crippen LogP contribution in [0.4, 0.5) is 5.69 Å². The lowest BCUT2D eigenvalue weighted by Crippen LogP contribution is -2.30. The molecule has 2 heterocycles. The number of carbonyl (C=O) groups is 1. The average molecular weight is 272 g/mol. The van der Waals surface area contributed by atoms with Crippen LogP contribution in [0.15, 0.2) is 24.4 Å². The Morgan fingerprint density at radius 1 is 1.55 bits per heavy atom. The Hall–Kier alpha value is -2.01. The van der Waals surface area contributed by atoms with E-state index in [0.717, 1.165) is 37.0 Å². The Bertz CT molecular complexity index is 634. The van der Waals surface area contributed by atoms with E-state index in [4.69, 9.17) is 5.73 Å². The molecule has 1 aliphatic heterocycles. The van der Waals surface area contributed by atoms with Crippen molar-refractivity contribution in [2.75, 3.05) is 32.4 Å². The Morgan fingerprint density at radius 3 is 3.15 bits per heavy atom. The molecule has 1 saturated heterocycles. The highest BCUT2D eigenvalue weighted by molar-refractivity contribution is 6.07. The molecule has 4 N–H and O–H groups in total. The fraction of sp³-hybridized carbons (Fsp3) is 0.400. The van der Waals surface area contributed by atoms with Crippen molar-refractivity contribution in [1.82, 2.24) is 15.2 Å². The van der Waals surface area contributed by atoms with Crippen LogP contribution in [0.25, 0.3) is 10.9 Å². The molecule has 1 fully saturated rings. The molecule has 1 aromatic carbocycles. The van der Waals surface area contributed by atoms with Gasteiger partial charge in [0.1, 0.15) is 0 Å². The molecule has 1 aliphatic rings. The topological polar surface area (TPSA) is 74.2 Å². The second-order valence-electron chi connectivity index (χ2n) is 5.63. The molecule has 0 radical (unpaired) electrons. The van der Waals surface area contributed by atoms with E-state index in [-0.39, 0.29) is 5.91 Å². The van der Waals surface area contributed by atoms with Crippen molar-refractivity contribution in [2.24, 2.45) is 5.92 Å². The van der Waals surface area contributed by atoms with Gasteiger partial charge in [0.15, 0.2) is 0 Å². The van der Waals surface area contributed by atoms with Gasteiger partial charge < -0.3 is 20.9 Å². The first-order valence-electron chi connectivity index (χ1n) is 6.97. The Morgan fingerprint density at radius 2 is 2.40 bits per heavy atom. The van der Waals surface area contributed by atoms with Crippen molar-refractivity contribution < 1.29 is 4.79 Å². The lowest BCUT2D eigenvalue weighted by Gasteiger charge is -2.11. The molecule has 5 nitrogen and oxygen atoms in total. The third-order valence-corrected chi connectivity index (χ3v) is 3.99. The Labute approximate surface area is 118 Å². The molecule has 1 unspecified atom stereocenters. The molecule has 1 atom stereocenters. The van der Waals surface area contributed by atoms with E-state index in [2.05, 4.69) is 22.2 Å². The Balaban J connectivity index is 1.69. The molecule has 2 aromatic rings. The minimum absolute atomic E-state index is 0.0180. The summed E-state index contributed by atoms with van der Waals surface area (Å²) < 4.78 is 0. The lowest BCUT2D eigenvalue weighted by atomic mass is 10.1. The van der Waals surface area contributed by atoms with E-state index >= 15 is 0 Å². The zero-order chi connectivity index (χ0) is 14.1. The second-order valence-corrected chi connectivity index (χ2v) is 5.63. The number of nitrogens with one attached hydrogen (secondary N) is 2. The van der Waals surface area contributed by atoms with Gasteiger partial charge in [-0.05, 0) is 44.1 Å². The van der Waals surface area contributed by atoms with Crippen molar-refractivity contribution >= 4 is 22.5 Å². The summed E-state index contributed by atoms with van der Waals surface area (Å²) in [7, 11) is 2.12. The standard InChI is InChI=1S/C15H20N4O/c1-19-5-4-10(9-19)7-18-15(20)13-8-17-14-6-11(16)2-3-12(13)14/h2-3,6,8,10,17H,4-5,7,9,16H2,1H3,(H,18,20). The number of aromatic nitrogens is 1. The minimum Gasteiger partial charge on any atom is -0.399 e. The molecule has 0 saturated carbocycles. The first-order valence-corrected chi connectivity index (χ1v) is 6.97. The summed E-state index contributed by atoms with van der Waals surface area (Å²) in [6.07, 6.45) is 2.90. The summed E-state index contributed by atoms with van der Waals surface area (Å²) in [6, 6.07) is 5.55. The molecule has 5 heteroatoms. The Kier molecular flexibility index (Phi) is 3.36. The van der Waals surface area contributed by atoms with Crippen LogP contribution in [0.5, 0.6) is 0 Å². The van der Waals surface area contributed by atoms with Gasteiger partial charge in [0, 0.05) is 35.9 Å². The van der Waals surface area contributed by atoms with Crippen LogP contribution in [0, 0.1) is 5.92 Å². The highest BCUT2D eigenvalue weighted by Crippen LogP contribution is 2.21. The van der Waals surface area contributed by atoms with E-state index in [1.807, 2.05) is 18.2 Å². The number of nitrogens with two attached hydrogens (primary N) is 1. The summed E-state index contributed by atoms with van der Waals surface area (Å²) in [4.78, 5) is 17.7. The number of H-pyrrole nitrogens is 1. The summed E-state index contributed by atoms with van der Waals surface area (Å²) in [5.41, 5.74) is 8.02. The first kappa shape index (κ1) is 13.0. The molecule has 3 rings (SSSR count). The monoisotopic (exact) mass is 272 g/mol. The zero-order valence-corrected chi connectivity index (χ0v) is 11.6. The number of nitrogen functional groups attached to an aromatic ring is 1. The molecule has 0 spiro atoms. The number of benzene rings is 1. The number of anilines is 1. The van der Waals surface area contributed by atoms with Crippen LogP contribution in [-0.4, -0.2) is 42.5 Å². The number of amides is 1. The summed E-state index contributed by atoms with van der Waals surface area (Å²) in [5.74, 6) is 0.542. The maximum Gasteiger partial charge on any atom is 0.253 e. The number of fused-ring (bicyclic) bond motifs is 1. The molecule has 20 heavy (non-hydrogen) atoms. The van der Waals surface area contributed by atoms with Gasteiger partial charge in [-0.25, -0.2) is 0 Å². The lowest BCUT2D eigenvalue weighted by molar-refractivity contribution is 0.0949. The van der Waals surface area contributed by atoms with E-state index in [1.165, 1.54) is 0 Å². The second kappa shape index (κ2) is 5.17. The van der Waals surface area contributed by atoms with Crippen LogP contribution in [-0.2, 0) is 0 Å². The highest BCUT2D eigenvalue weighted by atomic mass is 16.1. The predicted octanol–water partition coefficient (Wildman–Crippen LogP) is 1.43. The first-order chi connectivity index (χ1) is 9.63. The molecule has 1 aromatic heterocycles. The summed E-state index contributed by atoms with van der Waals surface area (Å²) in [5, 5.41) is 3.95. The largest absolute Gasteiger partial charge is 0.399 e. The van der Waals surface area contributed by atoms with Gasteiger partial charge in [0.2, 0.25) is 0 Å². The van der Waals surface area contributed by atoms with Crippen molar-refractivity contribution in [3.63, 3.8) is 0 Å².